The number of para-hydroxylation sites is 3. The molecule has 0 spiro atoms. The van der Waals surface area contributed by atoms with E-state index < -0.39 is 6.10 Å². The number of aromatic nitrogens is 2. The Hall–Kier alpha value is -3.11. The topological polar surface area (TPSA) is 47.3 Å². The molecule has 4 nitrogen and oxygen atoms in total. The van der Waals surface area contributed by atoms with Gasteiger partial charge in [-0.05, 0) is 48.7 Å². The van der Waals surface area contributed by atoms with Crippen molar-refractivity contribution in [2.24, 2.45) is 0 Å². The van der Waals surface area contributed by atoms with E-state index in [1.54, 1.807) is 0 Å². The van der Waals surface area contributed by atoms with Crippen LogP contribution in [0, 0.1) is 13.8 Å². The molecule has 4 heteroatoms. The van der Waals surface area contributed by atoms with Crippen molar-refractivity contribution in [2.75, 3.05) is 6.61 Å². The zero-order valence-corrected chi connectivity index (χ0v) is 16.9. The van der Waals surface area contributed by atoms with E-state index in [0.717, 1.165) is 34.6 Å². The highest BCUT2D eigenvalue weighted by atomic mass is 16.5. The second kappa shape index (κ2) is 8.50. The van der Waals surface area contributed by atoms with Crippen LogP contribution in [0.5, 0.6) is 5.75 Å². The molecule has 148 valence electrons. The average molecular weight is 386 g/mol. The number of aliphatic hydroxyl groups is 1. The molecule has 3 aromatic carbocycles. The maximum absolute atomic E-state index is 10.7. The van der Waals surface area contributed by atoms with E-state index in [2.05, 4.69) is 41.8 Å². The fourth-order valence-electron chi connectivity index (χ4n) is 3.61. The van der Waals surface area contributed by atoms with Crippen LogP contribution >= 0.6 is 0 Å². The van der Waals surface area contributed by atoms with E-state index in [1.807, 2.05) is 49.4 Å². The number of fused-ring (bicyclic) bond motifs is 1. The van der Waals surface area contributed by atoms with Crippen LogP contribution in [0.4, 0.5) is 0 Å². The second-order valence-corrected chi connectivity index (χ2v) is 7.46. The van der Waals surface area contributed by atoms with E-state index in [0.29, 0.717) is 6.54 Å². The molecule has 0 aliphatic heterocycles. The minimum Gasteiger partial charge on any atom is -0.491 e. The number of imidazole rings is 1. The molecule has 1 heterocycles. The molecule has 0 bridgehead atoms. The van der Waals surface area contributed by atoms with Gasteiger partial charge in [0.2, 0.25) is 0 Å². The maximum Gasteiger partial charge on any atom is 0.122 e. The summed E-state index contributed by atoms with van der Waals surface area (Å²) in [5.74, 6) is 1.76. The molecule has 0 saturated heterocycles. The number of rotatable bonds is 7. The highest BCUT2D eigenvalue weighted by Gasteiger charge is 2.16. The van der Waals surface area contributed by atoms with Gasteiger partial charge < -0.3 is 14.4 Å². The summed E-state index contributed by atoms with van der Waals surface area (Å²) in [6.07, 6.45) is 0.0926. The molecular formula is C25H26N2O2. The van der Waals surface area contributed by atoms with Gasteiger partial charge in [0, 0.05) is 6.42 Å². The van der Waals surface area contributed by atoms with Crippen molar-refractivity contribution >= 4 is 11.0 Å². The van der Waals surface area contributed by atoms with Gasteiger partial charge in [0.1, 0.15) is 24.3 Å². The highest BCUT2D eigenvalue weighted by molar-refractivity contribution is 5.76. The molecule has 0 fully saturated rings. The summed E-state index contributed by atoms with van der Waals surface area (Å²) in [5, 5.41) is 10.7. The summed E-state index contributed by atoms with van der Waals surface area (Å²) in [4.78, 5) is 4.85. The quantitative estimate of drug-likeness (QED) is 0.501. The first-order valence-electron chi connectivity index (χ1n) is 9.97. The average Bonchev–Trinajstić information content (AvgIpc) is 3.06. The molecular weight excluding hydrogens is 360 g/mol. The Labute approximate surface area is 171 Å². The number of ether oxygens (including phenoxy) is 1. The third-order valence-corrected chi connectivity index (χ3v) is 5.26. The number of benzene rings is 3. The summed E-state index contributed by atoms with van der Waals surface area (Å²) < 4.78 is 7.97. The summed E-state index contributed by atoms with van der Waals surface area (Å²) in [5.41, 5.74) is 5.53. The normalized spacial score (nSPS) is 12.2. The highest BCUT2D eigenvalue weighted by Crippen LogP contribution is 2.21. The number of aliphatic hydroxyl groups excluding tert-OH is 1. The lowest BCUT2D eigenvalue weighted by Gasteiger charge is -2.17. The van der Waals surface area contributed by atoms with Gasteiger partial charge in [-0.25, -0.2) is 4.98 Å². The smallest absolute Gasteiger partial charge is 0.122 e. The van der Waals surface area contributed by atoms with Gasteiger partial charge in [-0.15, -0.1) is 0 Å². The van der Waals surface area contributed by atoms with Crippen molar-refractivity contribution in [3.05, 3.63) is 95.3 Å². The molecule has 0 radical (unpaired) electrons. The number of aryl methyl sites for hydroxylation is 2. The van der Waals surface area contributed by atoms with Gasteiger partial charge >= 0.3 is 0 Å². The Morgan fingerprint density at radius 2 is 1.59 bits per heavy atom. The van der Waals surface area contributed by atoms with E-state index >= 15 is 0 Å². The molecule has 0 saturated carbocycles. The van der Waals surface area contributed by atoms with Crippen LogP contribution in [0.15, 0.2) is 72.8 Å². The van der Waals surface area contributed by atoms with Gasteiger partial charge in [0.25, 0.3) is 0 Å². The van der Waals surface area contributed by atoms with Crippen LogP contribution in [0.2, 0.25) is 0 Å². The zero-order chi connectivity index (χ0) is 20.2. The molecule has 4 rings (SSSR count). The van der Waals surface area contributed by atoms with Crippen LogP contribution in [0.3, 0.4) is 0 Å². The first-order valence-corrected chi connectivity index (χ1v) is 9.97. The Morgan fingerprint density at radius 1 is 0.897 bits per heavy atom. The van der Waals surface area contributed by atoms with E-state index in [4.69, 9.17) is 9.72 Å². The van der Waals surface area contributed by atoms with Crippen LogP contribution in [-0.2, 0) is 13.0 Å². The first kappa shape index (κ1) is 19.2. The van der Waals surface area contributed by atoms with Crippen LogP contribution in [0.1, 0.15) is 22.5 Å². The van der Waals surface area contributed by atoms with Gasteiger partial charge in [-0.3, -0.25) is 0 Å². The molecule has 1 unspecified atom stereocenters. The van der Waals surface area contributed by atoms with Crippen LogP contribution < -0.4 is 4.74 Å². The lowest BCUT2D eigenvalue weighted by atomic mass is 10.1. The van der Waals surface area contributed by atoms with E-state index in [9.17, 15) is 5.11 Å². The van der Waals surface area contributed by atoms with Crippen LogP contribution in [-0.4, -0.2) is 27.4 Å². The Kier molecular flexibility index (Phi) is 5.63. The first-order chi connectivity index (χ1) is 14.1. The maximum atomic E-state index is 10.7. The van der Waals surface area contributed by atoms with Gasteiger partial charge in [0.05, 0.1) is 17.6 Å². The predicted molar refractivity (Wildman–Crippen MR) is 116 cm³/mol. The van der Waals surface area contributed by atoms with E-state index in [1.165, 1.54) is 11.1 Å². The summed E-state index contributed by atoms with van der Waals surface area (Å²) >= 11 is 0. The number of nitrogens with zero attached hydrogens (tertiary/aromatic N) is 2. The van der Waals surface area contributed by atoms with Gasteiger partial charge in [-0.2, -0.15) is 0 Å². The standard InChI is InChI=1S/C25H26N2O2/c1-18-9-3-5-11-20(18)15-25-26-22-12-6-7-13-23(22)27(25)16-21(28)17-29-24-14-8-4-10-19(24)2/h3-14,21,28H,15-17H2,1-2H3. The Morgan fingerprint density at radius 3 is 2.38 bits per heavy atom. The third kappa shape index (κ3) is 4.33. The summed E-state index contributed by atoms with van der Waals surface area (Å²) in [6.45, 7) is 4.80. The second-order valence-electron chi connectivity index (χ2n) is 7.46. The minimum absolute atomic E-state index is 0.237. The monoisotopic (exact) mass is 386 g/mol. The number of hydrogen-bond donors (Lipinski definition) is 1. The Bertz CT molecular complexity index is 1120. The van der Waals surface area contributed by atoms with Crippen molar-refractivity contribution in [1.29, 1.82) is 0 Å². The van der Waals surface area contributed by atoms with Crippen molar-refractivity contribution in [3.63, 3.8) is 0 Å². The van der Waals surface area contributed by atoms with Crippen molar-refractivity contribution < 1.29 is 9.84 Å². The predicted octanol–water partition coefficient (Wildman–Crippen LogP) is 4.68. The third-order valence-electron chi connectivity index (χ3n) is 5.26. The van der Waals surface area contributed by atoms with E-state index in [-0.39, 0.29) is 6.61 Å². The van der Waals surface area contributed by atoms with Crippen molar-refractivity contribution in [2.45, 2.75) is 32.9 Å². The molecule has 0 aliphatic rings. The van der Waals surface area contributed by atoms with Crippen molar-refractivity contribution in [3.8, 4) is 5.75 Å². The summed E-state index contributed by atoms with van der Waals surface area (Å²) in [7, 11) is 0. The Balaban J connectivity index is 1.57. The van der Waals surface area contributed by atoms with Gasteiger partial charge in [0.15, 0.2) is 0 Å². The minimum atomic E-state index is -0.636. The fraction of sp³-hybridized carbons (Fsp3) is 0.240. The molecule has 1 atom stereocenters. The molecule has 0 aliphatic carbocycles. The molecule has 1 N–H and O–H groups in total. The zero-order valence-electron chi connectivity index (χ0n) is 16.9. The fourth-order valence-corrected chi connectivity index (χ4v) is 3.61. The lowest BCUT2D eigenvalue weighted by molar-refractivity contribution is 0.0925. The summed E-state index contributed by atoms with van der Waals surface area (Å²) in [6, 6.07) is 24.3. The molecule has 1 aromatic heterocycles. The lowest BCUT2D eigenvalue weighted by Crippen LogP contribution is -2.25. The SMILES string of the molecule is Cc1ccccc1Cc1nc2ccccc2n1CC(O)COc1ccccc1C. The molecule has 4 aromatic rings. The van der Waals surface area contributed by atoms with Crippen LogP contribution in [0.25, 0.3) is 11.0 Å². The number of hydrogen-bond acceptors (Lipinski definition) is 3. The molecule has 0 amide bonds. The van der Waals surface area contributed by atoms with Crippen molar-refractivity contribution in [1.82, 2.24) is 9.55 Å². The largest absolute Gasteiger partial charge is 0.491 e. The van der Waals surface area contributed by atoms with Gasteiger partial charge in [-0.1, -0.05) is 54.6 Å². The molecule has 29 heavy (non-hydrogen) atoms.